The van der Waals surface area contributed by atoms with E-state index in [4.69, 9.17) is 5.73 Å². The van der Waals surface area contributed by atoms with Crippen molar-refractivity contribution in [2.75, 3.05) is 18.5 Å². The van der Waals surface area contributed by atoms with E-state index in [9.17, 15) is 14.9 Å². The first-order valence-electron chi connectivity index (χ1n) is 5.78. The van der Waals surface area contributed by atoms with Gasteiger partial charge in [-0.1, -0.05) is 18.2 Å². The summed E-state index contributed by atoms with van der Waals surface area (Å²) in [7, 11) is 0. The van der Waals surface area contributed by atoms with Crippen molar-refractivity contribution in [3.05, 3.63) is 40.6 Å². The minimum absolute atomic E-state index is 0.0170. The number of nitrogens with one attached hydrogen (secondary N) is 1. The average Bonchev–Trinajstić information content (AvgIpc) is 2.42. The van der Waals surface area contributed by atoms with Crippen molar-refractivity contribution in [3.63, 3.8) is 0 Å². The molecule has 2 rings (SSSR count). The van der Waals surface area contributed by atoms with Crippen molar-refractivity contribution < 1.29 is 14.5 Å². The van der Waals surface area contributed by atoms with Gasteiger partial charge in [0.05, 0.1) is 10.4 Å². The molecule has 0 saturated carbocycles. The van der Waals surface area contributed by atoms with E-state index in [1.807, 2.05) is 0 Å². The highest BCUT2D eigenvalue weighted by atomic mass is 16.6. The molecule has 0 bridgehead atoms. The molecule has 0 fully saturated rings. The number of amides is 1. The van der Waals surface area contributed by atoms with Crippen LogP contribution in [0.15, 0.2) is 30.5 Å². The van der Waals surface area contributed by atoms with Gasteiger partial charge in [0.2, 0.25) is 0 Å². The molecule has 8 nitrogen and oxygen atoms in total. The fourth-order valence-corrected chi connectivity index (χ4v) is 1.78. The molecule has 0 saturated heterocycles. The van der Waals surface area contributed by atoms with Gasteiger partial charge in [-0.15, -0.1) is 0 Å². The summed E-state index contributed by atoms with van der Waals surface area (Å²) in [6, 6.07) is 7.04. The van der Waals surface area contributed by atoms with Crippen LogP contribution in [0.4, 0.5) is 16.2 Å². The van der Waals surface area contributed by atoms with Gasteiger partial charge < -0.3 is 15.8 Å². The highest BCUT2D eigenvalue weighted by molar-refractivity contribution is 5.95. The van der Waals surface area contributed by atoms with Crippen LogP contribution in [-0.2, 0) is 4.74 Å². The van der Waals surface area contributed by atoms with Gasteiger partial charge in [-0.05, 0) is 6.07 Å². The van der Waals surface area contributed by atoms with Gasteiger partial charge in [0, 0.05) is 11.9 Å². The van der Waals surface area contributed by atoms with E-state index in [1.165, 1.54) is 6.20 Å². The van der Waals surface area contributed by atoms with E-state index in [-0.39, 0.29) is 18.8 Å². The topological polar surface area (TPSA) is 120 Å². The van der Waals surface area contributed by atoms with Crippen LogP contribution in [0.3, 0.4) is 0 Å². The molecule has 0 radical (unpaired) electrons. The van der Waals surface area contributed by atoms with E-state index in [0.717, 1.165) is 0 Å². The Morgan fingerprint density at radius 2 is 2.20 bits per heavy atom. The average molecular weight is 276 g/mol. The molecular weight excluding hydrogens is 264 g/mol. The number of fused-ring (bicyclic) bond motifs is 1. The van der Waals surface area contributed by atoms with Crippen molar-refractivity contribution in [1.82, 2.24) is 4.98 Å². The van der Waals surface area contributed by atoms with E-state index in [2.05, 4.69) is 15.0 Å². The van der Waals surface area contributed by atoms with Crippen LogP contribution >= 0.6 is 0 Å². The van der Waals surface area contributed by atoms with Crippen LogP contribution in [0.2, 0.25) is 0 Å². The van der Waals surface area contributed by atoms with Gasteiger partial charge in [0.1, 0.15) is 18.5 Å². The molecule has 3 N–H and O–H groups in total. The molecule has 8 heteroatoms. The van der Waals surface area contributed by atoms with Gasteiger partial charge in [0.25, 0.3) is 0 Å². The van der Waals surface area contributed by atoms with E-state index in [1.54, 1.807) is 24.3 Å². The van der Waals surface area contributed by atoms with Crippen LogP contribution in [0.1, 0.15) is 0 Å². The lowest BCUT2D eigenvalue weighted by atomic mass is 10.1. The molecule has 1 aromatic carbocycles. The molecule has 1 amide bonds. The summed E-state index contributed by atoms with van der Waals surface area (Å²) in [5, 5.41) is 14.5. The fourth-order valence-electron chi connectivity index (χ4n) is 1.78. The second-order valence-corrected chi connectivity index (χ2v) is 3.89. The first kappa shape index (κ1) is 13.5. The summed E-state index contributed by atoms with van der Waals surface area (Å²) in [4.78, 5) is 25.0. The Morgan fingerprint density at radius 3 is 2.90 bits per heavy atom. The Kier molecular flexibility index (Phi) is 3.94. The Balaban J connectivity index is 2.30. The highest BCUT2D eigenvalue weighted by Gasteiger charge is 2.17. The van der Waals surface area contributed by atoms with Gasteiger partial charge in [-0.2, -0.15) is 0 Å². The summed E-state index contributed by atoms with van der Waals surface area (Å²) < 4.78 is 4.57. The maximum Gasteiger partial charge on any atom is 0.404 e. The highest BCUT2D eigenvalue weighted by Crippen LogP contribution is 2.30. The number of benzene rings is 1. The molecule has 0 spiro atoms. The minimum Gasteiger partial charge on any atom is -0.448 e. The van der Waals surface area contributed by atoms with Gasteiger partial charge in [-0.3, -0.25) is 10.1 Å². The predicted octanol–water partition coefficient (Wildman–Crippen LogP) is 1.65. The summed E-state index contributed by atoms with van der Waals surface area (Å²) >= 11 is 0. The summed E-state index contributed by atoms with van der Waals surface area (Å²) in [6.07, 6.45) is 0.306. The first-order chi connectivity index (χ1) is 9.59. The minimum atomic E-state index is -0.888. The summed E-state index contributed by atoms with van der Waals surface area (Å²) in [5.41, 5.74) is 5.67. The number of primary amides is 1. The zero-order chi connectivity index (χ0) is 14.5. The normalized spacial score (nSPS) is 10.2. The number of nitrogens with zero attached hydrogens (tertiary/aromatic N) is 2. The number of hydrogen-bond donors (Lipinski definition) is 2. The fraction of sp³-hybridized carbons (Fsp3) is 0.167. The number of carbonyl (C=O) groups is 1. The lowest BCUT2D eigenvalue weighted by Crippen LogP contribution is -2.18. The second-order valence-electron chi connectivity index (χ2n) is 3.89. The third-order valence-electron chi connectivity index (χ3n) is 2.60. The van der Waals surface area contributed by atoms with Crippen LogP contribution < -0.4 is 11.1 Å². The van der Waals surface area contributed by atoms with Crippen LogP contribution in [-0.4, -0.2) is 29.2 Å². The van der Waals surface area contributed by atoms with Crippen molar-refractivity contribution >= 4 is 28.4 Å². The van der Waals surface area contributed by atoms with Crippen LogP contribution in [0.25, 0.3) is 10.9 Å². The molecule has 1 heterocycles. The maximum absolute atomic E-state index is 11.0. The van der Waals surface area contributed by atoms with Crippen molar-refractivity contribution in [1.29, 1.82) is 0 Å². The SMILES string of the molecule is NC(=O)OCCNc1c([N+](=O)[O-])cnc2ccccc12. The van der Waals surface area contributed by atoms with E-state index < -0.39 is 11.0 Å². The number of nitrogens with two attached hydrogens (primary N) is 1. The summed E-state index contributed by atoms with van der Waals surface area (Å²) in [5.74, 6) is 0. The standard InChI is InChI=1S/C12H12N4O4/c13-12(17)20-6-5-14-11-8-3-1-2-4-9(8)15-7-10(11)16(18)19/h1-4,7H,5-6H2,(H2,13,17)(H,14,15). The molecule has 1 aromatic heterocycles. The monoisotopic (exact) mass is 276 g/mol. The Morgan fingerprint density at radius 1 is 1.45 bits per heavy atom. The first-order valence-corrected chi connectivity index (χ1v) is 5.78. The maximum atomic E-state index is 11.0. The number of hydrogen-bond acceptors (Lipinski definition) is 6. The van der Waals surface area contributed by atoms with Crippen molar-refractivity contribution in [2.45, 2.75) is 0 Å². The lowest BCUT2D eigenvalue weighted by molar-refractivity contribution is -0.384. The largest absolute Gasteiger partial charge is 0.448 e. The molecule has 104 valence electrons. The molecule has 2 aromatic rings. The number of aromatic nitrogens is 1. The Labute approximate surface area is 113 Å². The molecule has 0 aliphatic carbocycles. The smallest absolute Gasteiger partial charge is 0.404 e. The van der Waals surface area contributed by atoms with Gasteiger partial charge in [0.15, 0.2) is 0 Å². The lowest BCUT2D eigenvalue weighted by Gasteiger charge is -2.09. The molecule has 0 atom stereocenters. The quantitative estimate of drug-likeness (QED) is 0.486. The number of para-hydroxylation sites is 1. The van der Waals surface area contributed by atoms with Gasteiger partial charge >= 0.3 is 11.8 Å². The molecule has 0 aliphatic rings. The van der Waals surface area contributed by atoms with E-state index in [0.29, 0.717) is 16.6 Å². The number of carbonyl (C=O) groups excluding carboxylic acids is 1. The van der Waals surface area contributed by atoms with Crippen molar-refractivity contribution in [3.8, 4) is 0 Å². The third kappa shape index (κ3) is 2.91. The number of anilines is 1. The Hall–Kier alpha value is -2.90. The number of pyridine rings is 1. The molecule has 20 heavy (non-hydrogen) atoms. The van der Waals surface area contributed by atoms with Crippen LogP contribution in [0.5, 0.6) is 0 Å². The van der Waals surface area contributed by atoms with E-state index >= 15 is 0 Å². The number of ether oxygens (including phenoxy) is 1. The summed E-state index contributed by atoms with van der Waals surface area (Å²) in [6.45, 7) is 0.223. The Bertz CT molecular complexity index is 659. The second kappa shape index (κ2) is 5.83. The molecule has 0 unspecified atom stereocenters. The molecule has 0 aliphatic heterocycles. The van der Waals surface area contributed by atoms with Gasteiger partial charge in [-0.25, -0.2) is 9.78 Å². The number of nitro groups is 1. The zero-order valence-electron chi connectivity index (χ0n) is 10.4. The number of rotatable bonds is 5. The third-order valence-corrected chi connectivity index (χ3v) is 2.60. The molecular formula is C12H12N4O4. The van der Waals surface area contributed by atoms with Crippen LogP contribution in [0, 0.1) is 10.1 Å². The van der Waals surface area contributed by atoms with Crippen molar-refractivity contribution in [2.24, 2.45) is 5.73 Å². The zero-order valence-corrected chi connectivity index (χ0v) is 10.4. The predicted molar refractivity (Wildman–Crippen MR) is 72.4 cm³/mol.